The van der Waals surface area contributed by atoms with Gasteiger partial charge in [-0.15, -0.1) is 23.1 Å². The normalized spacial score (nSPS) is 12.8. The number of nitrogens with zero attached hydrogens (tertiary/aromatic N) is 1. The van der Waals surface area contributed by atoms with Crippen LogP contribution in [0.1, 0.15) is 63.9 Å². The minimum absolute atomic E-state index is 0.0560. The second kappa shape index (κ2) is 19.2. The molecule has 13 nitrogen and oxygen atoms in total. The molecule has 4 aromatic rings. The molecule has 0 saturated heterocycles. The number of carbonyl (C=O) groups is 5. The molecular formula is C41H44N4O9S2. The maximum Gasteiger partial charge on any atom is 0.341 e. The van der Waals surface area contributed by atoms with Crippen molar-refractivity contribution >= 4 is 69.5 Å². The fourth-order valence-corrected chi connectivity index (χ4v) is 8.27. The molecule has 0 saturated carbocycles. The fourth-order valence-electron chi connectivity index (χ4n) is 6.00. The summed E-state index contributed by atoms with van der Waals surface area (Å²) in [4.78, 5) is 69.3. The van der Waals surface area contributed by atoms with Crippen molar-refractivity contribution in [3.8, 4) is 17.2 Å². The standard InChI is InChI=1S/C41H44N4O9S2/c1-7-33(39(49)44-40-35(41(50)54-8-2)29-17-18-45(24(3)46)23-34(29)56-40)55-28-16-12-15-27(22-28)42-38(48)30(43-37(47)26-13-10-9-11-14-26)19-25-20-31(51-4)36(53-6)32(21-25)52-5/h9-16,19-22,33H,7-8,17-18,23H2,1-6H3,(H,42,48)(H,43,47)(H,44,49)/b30-19+. The molecule has 3 N–H and O–H groups in total. The molecule has 0 aliphatic carbocycles. The number of fused-ring (bicyclic) bond motifs is 1. The highest BCUT2D eigenvalue weighted by atomic mass is 32.2. The SMILES string of the molecule is CCOC(=O)c1c(NC(=O)C(CC)Sc2cccc(NC(=O)/C(=C\c3cc(OC)c(OC)c(OC)c3)NC(=O)c3ccccc3)c2)sc2c1CCN(C(C)=O)C2. The highest BCUT2D eigenvalue weighted by Crippen LogP contribution is 2.40. The van der Waals surface area contributed by atoms with E-state index in [1.807, 2.05) is 13.0 Å². The number of esters is 1. The average Bonchev–Trinajstić information content (AvgIpc) is 3.56. The topological polar surface area (TPSA) is 162 Å². The van der Waals surface area contributed by atoms with E-state index in [9.17, 15) is 24.0 Å². The molecule has 1 aromatic heterocycles. The van der Waals surface area contributed by atoms with E-state index in [2.05, 4.69) is 16.0 Å². The number of hydrogen-bond acceptors (Lipinski definition) is 11. The van der Waals surface area contributed by atoms with Crippen LogP contribution in [0.15, 0.2) is 77.3 Å². The molecule has 15 heteroatoms. The van der Waals surface area contributed by atoms with Crippen LogP contribution < -0.4 is 30.2 Å². The van der Waals surface area contributed by atoms with E-state index in [-0.39, 0.29) is 24.1 Å². The van der Waals surface area contributed by atoms with Crippen molar-refractivity contribution in [2.24, 2.45) is 0 Å². The third-order valence-electron chi connectivity index (χ3n) is 8.78. The Morgan fingerprint density at radius 2 is 1.62 bits per heavy atom. The number of methoxy groups -OCH3 is 3. The predicted molar refractivity (Wildman–Crippen MR) is 217 cm³/mol. The molecule has 294 valence electrons. The van der Waals surface area contributed by atoms with Crippen LogP contribution in [0, 0.1) is 0 Å². The van der Waals surface area contributed by atoms with E-state index in [1.54, 1.807) is 72.5 Å². The smallest absolute Gasteiger partial charge is 0.341 e. The molecule has 3 aromatic carbocycles. The molecule has 0 radical (unpaired) electrons. The van der Waals surface area contributed by atoms with Gasteiger partial charge in [0.05, 0.1) is 45.3 Å². The summed E-state index contributed by atoms with van der Waals surface area (Å²) in [6.07, 6.45) is 2.44. The zero-order valence-corrected chi connectivity index (χ0v) is 33.6. The van der Waals surface area contributed by atoms with Crippen molar-refractivity contribution in [2.45, 2.75) is 50.3 Å². The number of ether oxygens (including phenoxy) is 4. The minimum Gasteiger partial charge on any atom is -0.493 e. The highest BCUT2D eigenvalue weighted by Gasteiger charge is 2.31. The maximum absolute atomic E-state index is 13.9. The van der Waals surface area contributed by atoms with Gasteiger partial charge in [0.15, 0.2) is 11.5 Å². The fraction of sp³-hybridized carbons (Fsp3) is 0.293. The van der Waals surface area contributed by atoms with Crippen molar-refractivity contribution in [3.05, 3.63) is 99.6 Å². The van der Waals surface area contributed by atoms with Gasteiger partial charge in [0.2, 0.25) is 17.6 Å². The van der Waals surface area contributed by atoms with Gasteiger partial charge in [-0.05, 0) is 79.4 Å². The van der Waals surface area contributed by atoms with Crippen molar-refractivity contribution < 1.29 is 42.9 Å². The first-order valence-corrected chi connectivity index (χ1v) is 19.5. The zero-order chi connectivity index (χ0) is 40.4. The second-order valence-corrected chi connectivity index (χ2v) is 14.8. The van der Waals surface area contributed by atoms with Crippen molar-refractivity contribution in [1.82, 2.24) is 10.2 Å². The highest BCUT2D eigenvalue weighted by molar-refractivity contribution is 8.00. The summed E-state index contributed by atoms with van der Waals surface area (Å²) in [5.41, 5.74) is 2.35. The molecule has 1 atom stereocenters. The molecule has 1 aliphatic rings. The Balaban J connectivity index is 1.37. The molecule has 1 aliphatic heterocycles. The Morgan fingerprint density at radius 3 is 2.25 bits per heavy atom. The number of hydrogen-bond donors (Lipinski definition) is 3. The first-order valence-electron chi connectivity index (χ1n) is 17.8. The zero-order valence-electron chi connectivity index (χ0n) is 32.0. The number of benzene rings is 3. The van der Waals surface area contributed by atoms with E-state index in [0.717, 1.165) is 10.4 Å². The van der Waals surface area contributed by atoms with Gasteiger partial charge in [-0.1, -0.05) is 31.2 Å². The van der Waals surface area contributed by atoms with Crippen LogP contribution in [-0.4, -0.2) is 74.2 Å². The number of thioether (sulfide) groups is 1. The largest absolute Gasteiger partial charge is 0.493 e. The molecule has 0 bridgehead atoms. The number of anilines is 2. The lowest BCUT2D eigenvalue weighted by Crippen LogP contribution is -2.34. The Labute approximate surface area is 333 Å². The van der Waals surface area contributed by atoms with E-state index < -0.39 is 23.0 Å². The van der Waals surface area contributed by atoms with Crippen molar-refractivity contribution in [1.29, 1.82) is 0 Å². The third kappa shape index (κ3) is 9.89. The minimum atomic E-state index is -0.605. The van der Waals surface area contributed by atoms with Gasteiger partial charge >= 0.3 is 5.97 Å². The summed E-state index contributed by atoms with van der Waals surface area (Å²) in [6, 6.07) is 18.8. The Hall–Kier alpha value is -5.80. The summed E-state index contributed by atoms with van der Waals surface area (Å²) in [6.45, 7) is 6.13. The van der Waals surface area contributed by atoms with Gasteiger partial charge in [-0.25, -0.2) is 4.79 Å². The first kappa shape index (κ1) is 41.4. The van der Waals surface area contributed by atoms with Crippen LogP contribution in [0.3, 0.4) is 0 Å². The van der Waals surface area contributed by atoms with Crippen molar-refractivity contribution in [2.75, 3.05) is 45.1 Å². The molecule has 0 fully saturated rings. The summed E-state index contributed by atoms with van der Waals surface area (Å²) in [5, 5.41) is 8.41. The summed E-state index contributed by atoms with van der Waals surface area (Å²) in [5.74, 6) is -0.881. The van der Waals surface area contributed by atoms with E-state index in [1.165, 1.54) is 57.4 Å². The van der Waals surface area contributed by atoms with E-state index >= 15 is 0 Å². The van der Waals surface area contributed by atoms with Gasteiger partial charge < -0.3 is 39.8 Å². The van der Waals surface area contributed by atoms with Crippen LogP contribution in [0.2, 0.25) is 0 Å². The molecule has 1 unspecified atom stereocenters. The monoisotopic (exact) mass is 800 g/mol. The quantitative estimate of drug-likeness (QED) is 0.0665. The number of carbonyl (C=O) groups excluding carboxylic acids is 5. The molecule has 56 heavy (non-hydrogen) atoms. The summed E-state index contributed by atoms with van der Waals surface area (Å²) in [7, 11) is 4.44. The number of thiophene rings is 1. The van der Waals surface area contributed by atoms with Crippen LogP contribution in [0.4, 0.5) is 10.7 Å². The molecule has 2 heterocycles. The molecule has 5 rings (SSSR count). The summed E-state index contributed by atoms with van der Waals surface area (Å²) >= 11 is 2.58. The predicted octanol–water partition coefficient (Wildman–Crippen LogP) is 6.77. The third-order valence-corrected chi connectivity index (χ3v) is 11.3. The first-order chi connectivity index (χ1) is 27.0. The van der Waals surface area contributed by atoms with Crippen molar-refractivity contribution in [3.63, 3.8) is 0 Å². The van der Waals surface area contributed by atoms with Gasteiger partial charge in [-0.2, -0.15) is 0 Å². The van der Waals surface area contributed by atoms with Gasteiger partial charge in [-0.3, -0.25) is 19.2 Å². The van der Waals surface area contributed by atoms with E-state index in [4.69, 9.17) is 18.9 Å². The lowest BCUT2D eigenvalue weighted by molar-refractivity contribution is -0.129. The molecule has 4 amide bonds. The molecular weight excluding hydrogens is 757 g/mol. The lowest BCUT2D eigenvalue weighted by Gasteiger charge is -2.25. The van der Waals surface area contributed by atoms with Gasteiger partial charge in [0, 0.05) is 34.5 Å². The van der Waals surface area contributed by atoms with Gasteiger partial charge in [0.1, 0.15) is 10.7 Å². The second-order valence-electron chi connectivity index (χ2n) is 12.4. The Morgan fingerprint density at radius 1 is 0.911 bits per heavy atom. The summed E-state index contributed by atoms with van der Waals surface area (Å²) < 4.78 is 21.8. The lowest BCUT2D eigenvalue weighted by atomic mass is 10.0. The van der Waals surface area contributed by atoms with Crippen LogP contribution >= 0.6 is 23.1 Å². The molecule has 0 spiro atoms. The van der Waals surface area contributed by atoms with E-state index in [0.29, 0.717) is 75.5 Å². The maximum atomic E-state index is 13.9. The Kier molecular flexibility index (Phi) is 14.2. The van der Waals surface area contributed by atoms with Crippen LogP contribution in [0.5, 0.6) is 17.2 Å². The van der Waals surface area contributed by atoms with Crippen LogP contribution in [0.25, 0.3) is 6.08 Å². The van der Waals surface area contributed by atoms with Gasteiger partial charge in [0.25, 0.3) is 11.8 Å². The Bertz CT molecular complexity index is 2110. The number of rotatable bonds is 15. The number of nitrogens with one attached hydrogen (secondary N) is 3. The average molecular weight is 801 g/mol. The number of amides is 4. The van der Waals surface area contributed by atoms with Crippen LogP contribution in [-0.2, 0) is 32.1 Å².